The van der Waals surface area contributed by atoms with Crippen molar-refractivity contribution in [2.75, 3.05) is 0 Å². The maximum Gasteiger partial charge on any atom is 0.341 e. The summed E-state index contributed by atoms with van der Waals surface area (Å²) in [6.07, 6.45) is 0. The lowest BCUT2D eigenvalue weighted by Crippen LogP contribution is -2.12. The van der Waals surface area contributed by atoms with Crippen LogP contribution in [0.1, 0.15) is 5.56 Å². The van der Waals surface area contributed by atoms with Gasteiger partial charge in [-0.1, -0.05) is 24.3 Å². The van der Waals surface area contributed by atoms with Crippen molar-refractivity contribution in [3.8, 4) is 11.5 Å². The molecule has 0 fully saturated rings. The molecule has 0 heterocycles. The molecule has 0 aromatic heterocycles. The monoisotopic (exact) mass is 313 g/mol. The van der Waals surface area contributed by atoms with E-state index in [2.05, 4.69) is 0 Å². The summed E-state index contributed by atoms with van der Waals surface area (Å²) in [6.45, 7) is 0.358. The van der Waals surface area contributed by atoms with Crippen LogP contribution in [0.3, 0.4) is 0 Å². The Morgan fingerprint density at radius 1 is 1.05 bits per heavy atom. The summed E-state index contributed by atoms with van der Waals surface area (Å²) >= 11 is 0. The molecule has 0 unspecified atom stereocenters. The van der Waals surface area contributed by atoms with E-state index in [-0.39, 0.29) is 5.75 Å². The van der Waals surface area contributed by atoms with Crippen LogP contribution in [0.5, 0.6) is 11.5 Å². The molecule has 0 aliphatic rings. The maximum absolute atomic E-state index is 12.7. The first-order valence-electron chi connectivity index (χ1n) is 6.03. The van der Waals surface area contributed by atoms with E-state index in [1.54, 1.807) is 24.3 Å². The zero-order valence-corrected chi connectivity index (χ0v) is 11.7. The molecule has 0 atom stereocenters. The van der Waals surface area contributed by atoms with Crippen molar-refractivity contribution in [1.29, 1.82) is 0 Å². The molecule has 0 saturated carbocycles. The highest BCUT2D eigenvalue weighted by atomic mass is 32.2. The molecule has 0 spiro atoms. The fourth-order valence-electron chi connectivity index (χ4n) is 1.69. The van der Waals surface area contributed by atoms with Crippen LogP contribution in [0.2, 0.25) is 0 Å². The Morgan fingerprint density at radius 2 is 1.67 bits per heavy atom. The van der Waals surface area contributed by atoms with Gasteiger partial charge in [0, 0.05) is 6.54 Å². The molecule has 4 nitrogen and oxygen atoms in total. The third-order valence-electron chi connectivity index (χ3n) is 2.78. The van der Waals surface area contributed by atoms with Gasteiger partial charge in [0.15, 0.2) is 0 Å². The third kappa shape index (κ3) is 3.37. The van der Waals surface area contributed by atoms with Gasteiger partial charge in [-0.25, -0.2) is 8.42 Å². The predicted octanol–water partition coefficient (Wildman–Crippen LogP) is 2.93. The van der Waals surface area contributed by atoms with Crippen LogP contribution in [0, 0.1) is 0 Å². The number of benzene rings is 2. The van der Waals surface area contributed by atoms with Gasteiger partial charge in [0.25, 0.3) is 0 Å². The predicted molar refractivity (Wildman–Crippen MR) is 74.0 cm³/mol. The summed E-state index contributed by atoms with van der Waals surface area (Å²) in [5.74, 6) is -3.30. The van der Waals surface area contributed by atoms with Crippen LogP contribution >= 0.6 is 0 Å². The number of sulfone groups is 1. The second-order valence-corrected chi connectivity index (χ2v) is 6.09. The van der Waals surface area contributed by atoms with E-state index in [1.165, 1.54) is 18.2 Å². The fraction of sp³-hybridized carbons (Fsp3) is 0.143. The molecule has 0 aliphatic carbocycles. The van der Waals surface area contributed by atoms with Crippen LogP contribution in [0.4, 0.5) is 8.78 Å². The molecule has 7 heteroatoms. The molecule has 0 saturated heterocycles. The molecule has 0 aliphatic heterocycles. The van der Waals surface area contributed by atoms with Gasteiger partial charge in [0.2, 0.25) is 9.84 Å². The molecule has 2 rings (SSSR count). The standard InChI is InChI=1S/C14H13F2NO3S/c15-14(16)21(18,19)13-4-2-1-3-12(13)20-11-7-5-10(9-17)6-8-11/h1-8,14H,9,17H2. The van der Waals surface area contributed by atoms with Crippen molar-refractivity contribution >= 4 is 9.84 Å². The lowest BCUT2D eigenvalue weighted by atomic mass is 10.2. The first kappa shape index (κ1) is 15.4. The molecule has 21 heavy (non-hydrogen) atoms. The quantitative estimate of drug-likeness (QED) is 0.921. The number of para-hydroxylation sites is 1. The number of nitrogens with two attached hydrogens (primary N) is 1. The van der Waals surface area contributed by atoms with Gasteiger partial charge in [0.1, 0.15) is 16.4 Å². The zero-order valence-electron chi connectivity index (χ0n) is 10.9. The Morgan fingerprint density at radius 3 is 2.24 bits per heavy atom. The summed E-state index contributed by atoms with van der Waals surface area (Å²) in [5, 5.41) is 0. The minimum atomic E-state index is -4.72. The van der Waals surface area contributed by atoms with Gasteiger partial charge in [-0.05, 0) is 29.8 Å². The number of halogens is 2. The number of hydrogen-bond donors (Lipinski definition) is 1. The van der Waals surface area contributed by atoms with Crippen LogP contribution in [-0.4, -0.2) is 14.2 Å². The van der Waals surface area contributed by atoms with Crippen molar-refractivity contribution < 1.29 is 21.9 Å². The minimum Gasteiger partial charge on any atom is -0.456 e. The Kier molecular flexibility index (Phi) is 4.54. The lowest BCUT2D eigenvalue weighted by Gasteiger charge is -2.11. The first-order valence-corrected chi connectivity index (χ1v) is 7.57. The number of ether oxygens (including phenoxy) is 1. The molecule has 0 amide bonds. The van der Waals surface area contributed by atoms with E-state index in [0.29, 0.717) is 12.3 Å². The summed E-state index contributed by atoms with van der Waals surface area (Å²) in [5.41, 5.74) is 6.33. The highest BCUT2D eigenvalue weighted by Crippen LogP contribution is 2.31. The summed E-state index contributed by atoms with van der Waals surface area (Å²) < 4.78 is 53.9. The van der Waals surface area contributed by atoms with Gasteiger partial charge >= 0.3 is 5.76 Å². The minimum absolute atomic E-state index is 0.140. The average Bonchev–Trinajstić information content (AvgIpc) is 2.48. The molecular weight excluding hydrogens is 300 g/mol. The van der Waals surface area contributed by atoms with Gasteiger partial charge in [-0.3, -0.25) is 0 Å². The van der Waals surface area contributed by atoms with Crippen LogP contribution in [0.25, 0.3) is 0 Å². The second-order valence-electron chi connectivity index (χ2n) is 4.20. The Hall–Kier alpha value is -1.99. The molecule has 2 aromatic rings. The van der Waals surface area contributed by atoms with Gasteiger partial charge in [-0.2, -0.15) is 8.78 Å². The normalized spacial score (nSPS) is 11.6. The van der Waals surface area contributed by atoms with Crippen molar-refractivity contribution in [3.63, 3.8) is 0 Å². The number of alkyl halides is 2. The van der Waals surface area contributed by atoms with Crippen LogP contribution < -0.4 is 10.5 Å². The average molecular weight is 313 g/mol. The van der Waals surface area contributed by atoms with Gasteiger partial charge < -0.3 is 10.5 Å². The largest absolute Gasteiger partial charge is 0.456 e. The number of rotatable bonds is 5. The van der Waals surface area contributed by atoms with Gasteiger partial charge in [0.05, 0.1) is 0 Å². The highest BCUT2D eigenvalue weighted by Gasteiger charge is 2.29. The zero-order chi connectivity index (χ0) is 15.5. The third-order valence-corrected chi connectivity index (χ3v) is 4.20. The molecule has 2 aromatic carbocycles. The van der Waals surface area contributed by atoms with E-state index in [1.807, 2.05) is 0 Å². The van der Waals surface area contributed by atoms with Crippen molar-refractivity contribution in [2.24, 2.45) is 5.73 Å². The fourth-order valence-corrected chi connectivity index (χ4v) is 2.54. The Bertz CT molecular complexity index is 715. The molecular formula is C14H13F2NO3S. The summed E-state index contributed by atoms with van der Waals surface area (Å²) in [4.78, 5) is -0.539. The maximum atomic E-state index is 12.7. The van der Waals surface area contributed by atoms with Crippen molar-refractivity contribution in [2.45, 2.75) is 17.2 Å². The molecule has 0 bridgehead atoms. The smallest absolute Gasteiger partial charge is 0.341 e. The van der Waals surface area contributed by atoms with Gasteiger partial charge in [-0.15, -0.1) is 0 Å². The molecule has 0 radical (unpaired) electrons. The van der Waals surface area contributed by atoms with Crippen molar-refractivity contribution in [1.82, 2.24) is 0 Å². The van der Waals surface area contributed by atoms with Crippen LogP contribution in [0.15, 0.2) is 53.4 Å². The van der Waals surface area contributed by atoms with E-state index < -0.39 is 20.5 Å². The van der Waals surface area contributed by atoms with E-state index >= 15 is 0 Å². The first-order chi connectivity index (χ1) is 9.95. The van der Waals surface area contributed by atoms with E-state index in [9.17, 15) is 17.2 Å². The van der Waals surface area contributed by atoms with E-state index in [4.69, 9.17) is 10.5 Å². The lowest BCUT2D eigenvalue weighted by molar-refractivity contribution is 0.234. The Labute approximate surface area is 121 Å². The second kappa shape index (κ2) is 6.19. The highest BCUT2D eigenvalue weighted by molar-refractivity contribution is 7.91. The number of hydrogen-bond acceptors (Lipinski definition) is 4. The topological polar surface area (TPSA) is 69.4 Å². The van der Waals surface area contributed by atoms with Crippen LogP contribution in [-0.2, 0) is 16.4 Å². The Balaban J connectivity index is 2.36. The molecule has 112 valence electrons. The summed E-state index contributed by atoms with van der Waals surface area (Å²) in [7, 11) is -4.72. The van der Waals surface area contributed by atoms with Crippen molar-refractivity contribution in [3.05, 3.63) is 54.1 Å². The van der Waals surface area contributed by atoms with E-state index in [0.717, 1.165) is 11.6 Å². The molecule has 2 N–H and O–H groups in total. The SMILES string of the molecule is NCc1ccc(Oc2ccccc2S(=O)(=O)C(F)F)cc1. The summed E-state index contributed by atoms with van der Waals surface area (Å²) in [6, 6.07) is 11.9.